The first-order valence-electron chi connectivity index (χ1n) is 9.71. The van der Waals surface area contributed by atoms with Crippen molar-refractivity contribution in [2.24, 2.45) is 0 Å². The highest BCUT2D eigenvalue weighted by Gasteiger charge is 2.20. The molecule has 0 saturated heterocycles. The predicted molar refractivity (Wildman–Crippen MR) is 103 cm³/mol. The van der Waals surface area contributed by atoms with E-state index in [1.54, 1.807) is 17.0 Å². The summed E-state index contributed by atoms with van der Waals surface area (Å²) in [5, 5.41) is 3.07. The van der Waals surface area contributed by atoms with E-state index in [2.05, 4.69) is 15.3 Å². The van der Waals surface area contributed by atoms with Crippen LogP contribution in [-0.2, 0) is 11.3 Å². The average molecular weight is 384 g/mol. The summed E-state index contributed by atoms with van der Waals surface area (Å²) in [4.78, 5) is 34.7. The van der Waals surface area contributed by atoms with Crippen LogP contribution in [0.15, 0.2) is 42.9 Å². The van der Waals surface area contributed by atoms with Crippen molar-refractivity contribution in [3.8, 4) is 0 Å². The van der Waals surface area contributed by atoms with Crippen molar-refractivity contribution in [1.29, 1.82) is 0 Å². The summed E-state index contributed by atoms with van der Waals surface area (Å²) in [6.07, 6.45) is 10.1. The molecule has 28 heavy (non-hydrogen) atoms. The van der Waals surface area contributed by atoms with Gasteiger partial charge in [0.15, 0.2) is 0 Å². The Labute approximate surface area is 164 Å². The third-order valence-electron chi connectivity index (χ3n) is 4.94. The number of amides is 2. The van der Waals surface area contributed by atoms with Crippen molar-refractivity contribution in [2.45, 2.75) is 51.1 Å². The first-order valence-corrected chi connectivity index (χ1v) is 9.71. The summed E-state index contributed by atoms with van der Waals surface area (Å²) >= 11 is 0. The van der Waals surface area contributed by atoms with E-state index in [9.17, 15) is 14.0 Å². The molecule has 0 atom stereocenters. The molecule has 1 N–H and O–H groups in total. The van der Waals surface area contributed by atoms with Crippen LogP contribution in [0.4, 0.5) is 4.39 Å². The minimum Gasteiger partial charge on any atom is -0.353 e. The van der Waals surface area contributed by atoms with Crippen LogP contribution in [0.5, 0.6) is 0 Å². The third-order valence-corrected chi connectivity index (χ3v) is 4.94. The number of hydrogen-bond donors (Lipinski definition) is 1. The smallest absolute Gasteiger partial charge is 0.274 e. The second-order valence-electron chi connectivity index (χ2n) is 7.10. The van der Waals surface area contributed by atoms with Gasteiger partial charge in [0.05, 0.1) is 6.20 Å². The van der Waals surface area contributed by atoms with Crippen LogP contribution in [-0.4, -0.2) is 39.3 Å². The van der Waals surface area contributed by atoms with E-state index in [-0.39, 0.29) is 48.9 Å². The molecule has 0 radical (unpaired) electrons. The Balaban J connectivity index is 1.64. The van der Waals surface area contributed by atoms with Gasteiger partial charge in [0, 0.05) is 37.9 Å². The van der Waals surface area contributed by atoms with Crippen LogP contribution in [0.25, 0.3) is 0 Å². The van der Waals surface area contributed by atoms with Gasteiger partial charge in [-0.25, -0.2) is 9.37 Å². The van der Waals surface area contributed by atoms with Gasteiger partial charge in [-0.15, -0.1) is 0 Å². The number of carbonyl (C=O) groups is 2. The van der Waals surface area contributed by atoms with Gasteiger partial charge in [-0.1, -0.05) is 31.4 Å². The van der Waals surface area contributed by atoms with Gasteiger partial charge in [0.1, 0.15) is 11.5 Å². The molecule has 6 nitrogen and oxygen atoms in total. The zero-order valence-corrected chi connectivity index (χ0v) is 15.8. The molecule has 148 valence electrons. The second-order valence-corrected chi connectivity index (χ2v) is 7.10. The Bertz CT molecular complexity index is 777. The molecule has 1 aromatic carbocycles. The van der Waals surface area contributed by atoms with Gasteiger partial charge in [0.25, 0.3) is 5.91 Å². The highest BCUT2D eigenvalue weighted by atomic mass is 19.1. The largest absolute Gasteiger partial charge is 0.353 e. The topological polar surface area (TPSA) is 75.2 Å². The molecule has 0 aliphatic heterocycles. The summed E-state index contributed by atoms with van der Waals surface area (Å²) in [5.41, 5.74) is 1.00. The molecule has 0 unspecified atom stereocenters. The molecule has 1 saturated carbocycles. The molecule has 0 bridgehead atoms. The molecule has 1 aromatic heterocycles. The van der Waals surface area contributed by atoms with Crippen LogP contribution in [0.1, 0.15) is 54.6 Å². The molecular formula is C21H25FN4O2. The van der Waals surface area contributed by atoms with Crippen LogP contribution in [0.2, 0.25) is 0 Å². The van der Waals surface area contributed by atoms with E-state index in [1.807, 2.05) is 0 Å². The van der Waals surface area contributed by atoms with Crippen LogP contribution in [0, 0.1) is 5.82 Å². The molecular weight excluding hydrogens is 359 g/mol. The summed E-state index contributed by atoms with van der Waals surface area (Å²) < 4.78 is 13.2. The monoisotopic (exact) mass is 384 g/mol. The van der Waals surface area contributed by atoms with Crippen LogP contribution >= 0.6 is 0 Å². The van der Waals surface area contributed by atoms with Gasteiger partial charge < -0.3 is 10.2 Å². The maximum Gasteiger partial charge on any atom is 0.274 e. The number of carbonyl (C=O) groups excluding carboxylic acids is 2. The number of rotatable bonds is 7. The third kappa shape index (κ3) is 5.84. The predicted octanol–water partition coefficient (Wildman–Crippen LogP) is 3.10. The van der Waals surface area contributed by atoms with Crippen molar-refractivity contribution < 1.29 is 14.0 Å². The highest BCUT2D eigenvalue weighted by molar-refractivity contribution is 5.92. The fourth-order valence-corrected chi connectivity index (χ4v) is 3.42. The molecule has 7 heteroatoms. The molecule has 1 fully saturated rings. The quantitative estimate of drug-likeness (QED) is 0.796. The van der Waals surface area contributed by atoms with E-state index in [0.717, 1.165) is 31.2 Å². The Morgan fingerprint density at radius 1 is 1.11 bits per heavy atom. The number of aromatic nitrogens is 2. The molecule has 2 aromatic rings. The van der Waals surface area contributed by atoms with Gasteiger partial charge in [-0.05, 0) is 30.5 Å². The maximum absolute atomic E-state index is 13.2. The molecule has 1 aliphatic rings. The van der Waals surface area contributed by atoms with Crippen molar-refractivity contribution in [3.63, 3.8) is 0 Å². The van der Waals surface area contributed by atoms with Crippen molar-refractivity contribution in [3.05, 3.63) is 59.9 Å². The zero-order valence-electron chi connectivity index (χ0n) is 15.8. The maximum atomic E-state index is 13.2. The highest BCUT2D eigenvalue weighted by Crippen LogP contribution is 2.17. The zero-order chi connectivity index (χ0) is 19.8. The molecule has 3 rings (SSSR count). The fraction of sp³-hybridized carbons (Fsp3) is 0.429. The number of halogens is 1. The fourth-order valence-electron chi connectivity index (χ4n) is 3.42. The number of benzene rings is 1. The summed E-state index contributed by atoms with van der Waals surface area (Å²) in [6.45, 7) is 0.526. The van der Waals surface area contributed by atoms with E-state index < -0.39 is 0 Å². The Hall–Kier alpha value is -2.83. The number of hydrogen-bond acceptors (Lipinski definition) is 4. The van der Waals surface area contributed by atoms with Crippen molar-refractivity contribution in [2.75, 3.05) is 6.54 Å². The minimum absolute atomic E-state index is 0.0528. The first-order chi connectivity index (χ1) is 13.6. The Morgan fingerprint density at radius 3 is 2.54 bits per heavy atom. The SMILES string of the molecule is O=C(CCN(Cc1ccc(F)cc1)C(=O)c1cnccn1)NC1CCCCC1. The van der Waals surface area contributed by atoms with Gasteiger partial charge in [0.2, 0.25) is 5.91 Å². The van der Waals surface area contributed by atoms with E-state index in [4.69, 9.17) is 0 Å². The van der Waals surface area contributed by atoms with Crippen molar-refractivity contribution in [1.82, 2.24) is 20.2 Å². The van der Waals surface area contributed by atoms with Crippen LogP contribution < -0.4 is 5.32 Å². The lowest BCUT2D eigenvalue weighted by atomic mass is 9.95. The number of nitrogens with zero attached hydrogens (tertiary/aromatic N) is 3. The van der Waals surface area contributed by atoms with Crippen molar-refractivity contribution >= 4 is 11.8 Å². The minimum atomic E-state index is -0.331. The molecule has 0 spiro atoms. The molecule has 2 amide bonds. The Morgan fingerprint density at radius 2 is 1.86 bits per heavy atom. The lowest BCUT2D eigenvalue weighted by Crippen LogP contribution is -2.39. The molecule has 1 aliphatic carbocycles. The summed E-state index contributed by atoms with van der Waals surface area (Å²) in [7, 11) is 0. The number of nitrogens with one attached hydrogen (secondary N) is 1. The summed E-state index contributed by atoms with van der Waals surface area (Å²) in [5.74, 6) is -0.687. The Kier molecular flexibility index (Phi) is 7.06. The average Bonchev–Trinajstić information content (AvgIpc) is 2.73. The van der Waals surface area contributed by atoms with Gasteiger partial charge >= 0.3 is 0 Å². The van der Waals surface area contributed by atoms with Gasteiger partial charge in [-0.2, -0.15) is 0 Å². The lowest BCUT2D eigenvalue weighted by Gasteiger charge is -2.25. The van der Waals surface area contributed by atoms with E-state index >= 15 is 0 Å². The second kappa shape index (κ2) is 9.92. The molecule has 1 heterocycles. The van der Waals surface area contributed by atoms with E-state index in [0.29, 0.717) is 0 Å². The standard InChI is InChI=1S/C21H25FN4O2/c22-17-8-6-16(7-9-17)15-26(21(28)19-14-23-11-12-24-19)13-10-20(27)25-18-4-2-1-3-5-18/h6-9,11-12,14,18H,1-5,10,13,15H2,(H,25,27). The summed E-state index contributed by atoms with van der Waals surface area (Å²) in [6, 6.07) is 6.22. The normalized spacial score (nSPS) is 14.5. The van der Waals surface area contributed by atoms with Gasteiger partial charge in [-0.3, -0.25) is 14.6 Å². The lowest BCUT2D eigenvalue weighted by molar-refractivity contribution is -0.122. The van der Waals surface area contributed by atoms with Crippen LogP contribution in [0.3, 0.4) is 0 Å². The van der Waals surface area contributed by atoms with E-state index in [1.165, 1.54) is 37.1 Å². The first kappa shape index (κ1) is 19.9.